The standard InChI is InChI=1S/C15H17N3O2S2/c16-13(19)7-10-8-21-15(17-10)18-14(20)12-6-9-4-2-1-3-5-11(9)22-12/h6,8H,1-5,7H2,(H2,16,19)(H,17,18,20). The van der Waals surface area contributed by atoms with Gasteiger partial charge < -0.3 is 5.73 Å². The fraction of sp³-hybridized carbons (Fsp3) is 0.400. The van der Waals surface area contributed by atoms with E-state index in [4.69, 9.17) is 5.73 Å². The number of primary amides is 1. The number of carbonyl (C=O) groups is 2. The molecule has 0 unspecified atom stereocenters. The molecule has 2 aromatic heterocycles. The number of carbonyl (C=O) groups excluding carboxylic acids is 2. The zero-order chi connectivity index (χ0) is 15.5. The van der Waals surface area contributed by atoms with Gasteiger partial charge in [0.25, 0.3) is 5.91 Å². The van der Waals surface area contributed by atoms with Crippen molar-refractivity contribution < 1.29 is 9.59 Å². The van der Waals surface area contributed by atoms with Crippen LogP contribution in [0, 0.1) is 0 Å². The minimum absolute atomic E-state index is 0.0969. The maximum Gasteiger partial charge on any atom is 0.267 e. The van der Waals surface area contributed by atoms with E-state index in [9.17, 15) is 9.59 Å². The summed E-state index contributed by atoms with van der Waals surface area (Å²) in [6.45, 7) is 0. The number of thiazole rings is 1. The molecule has 0 saturated carbocycles. The highest BCUT2D eigenvalue weighted by Gasteiger charge is 2.17. The molecular weight excluding hydrogens is 318 g/mol. The van der Waals surface area contributed by atoms with Crippen molar-refractivity contribution in [2.45, 2.75) is 38.5 Å². The number of aryl methyl sites for hydroxylation is 2. The maximum absolute atomic E-state index is 12.3. The second-order valence-electron chi connectivity index (χ2n) is 5.36. The number of anilines is 1. The van der Waals surface area contributed by atoms with Crippen LogP contribution in [0.1, 0.15) is 45.1 Å². The van der Waals surface area contributed by atoms with Gasteiger partial charge in [-0.25, -0.2) is 4.98 Å². The number of fused-ring (bicyclic) bond motifs is 1. The van der Waals surface area contributed by atoms with E-state index in [0.29, 0.717) is 10.8 Å². The molecule has 0 radical (unpaired) electrons. The molecule has 116 valence electrons. The third-order valence-corrected chi connectivity index (χ3v) is 5.64. The minimum atomic E-state index is -0.426. The van der Waals surface area contributed by atoms with Gasteiger partial charge in [0.2, 0.25) is 5.91 Å². The van der Waals surface area contributed by atoms with Crippen molar-refractivity contribution in [3.63, 3.8) is 0 Å². The third kappa shape index (κ3) is 3.53. The Morgan fingerprint density at radius 2 is 2.09 bits per heavy atom. The molecule has 3 N–H and O–H groups in total. The molecule has 0 aliphatic heterocycles. The highest BCUT2D eigenvalue weighted by atomic mass is 32.1. The number of nitrogens with zero attached hydrogens (tertiary/aromatic N) is 1. The summed E-state index contributed by atoms with van der Waals surface area (Å²) in [5.74, 6) is -0.553. The molecule has 5 nitrogen and oxygen atoms in total. The number of nitrogens with two attached hydrogens (primary N) is 1. The number of aromatic nitrogens is 1. The van der Waals surface area contributed by atoms with Crippen molar-refractivity contribution in [2.75, 3.05) is 5.32 Å². The number of rotatable bonds is 4. The number of nitrogens with one attached hydrogen (secondary N) is 1. The monoisotopic (exact) mass is 335 g/mol. The van der Waals surface area contributed by atoms with Crippen molar-refractivity contribution in [3.8, 4) is 0 Å². The van der Waals surface area contributed by atoms with E-state index < -0.39 is 5.91 Å². The van der Waals surface area contributed by atoms with Crippen LogP contribution < -0.4 is 11.1 Å². The Kier molecular flexibility index (Phi) is 4.54. The van der Waals surface area contributed by atoms with Gasteiger partial charge in [-0.3, -0.25) is 14.9 Å². The summed E-state index contributed by atoms with van der Waals surface area (Å²) >= 11 is 2.89. The van der Waals surface area contributed by atoms with E-state index in [1.54, 1.807) is 16.7 Å². The van der Waals surface area contributed by atoms with Crippen LogP contribution in [0.15, 0.2) is 11.4 Å². The summed E-state index contributed by atoms with van der Waals surface area (Å²) in [6.07, 6.45) is 5.92. The number of amides is 2. The Labute approximate surface area is 136 Å². The van der Waals surface area contributed by atoms with Gasteiger partial charge in [-0.15, -0.1) is 22.7 Å². The van der Waals surface area contributed by atoms with Crippen LogP contribution in [0.3, 0.4) is 0 Å². The number of hydrogen-bond donors (Lipinski definition) is 2. The fourth-order valence-corrected chi connectivity index (χ4v) is 4.42. The van der Waals surface area contributed by atoms with Gasteiger partial charge in [0.15, 0.2) is 5.13 Å². The Balaban J connectivity index is 1.69. The molecule has 1 aliphatic rings. The smallest absolute Gasteiger partial charge is 0.267 e. The maximum atomic E-state index is 12.3. The molecule has 0 atom stereocenters. The predicted octanol–water partition coefficient (Wildman–Crippen LogP) is 2.75. The van der Waals surface area contributed by atoms with Crippen molar-refractivity contribution in [1.82, 2.24) is 4.98 Å². The molecule has 2 amide bonds. The fourth-order valence-electron chi connectivity index (χ4n) is 2.56. The van der Waals surface area contributed by atoms with Gasteiger partial charge in [-0.1, -0.05) is 6.42 Å². The molecule has 0 spiro atoms. The SMILES string of the molecule is NC(=O)Cc1csc(NC(=O)c2cc3c(s2)CCCCC3)n1. The van der Waals surface area contributed by atoms with E-state index in [1.165, 1.54) is 41.0 Å². The molecule has 2 heterocycles. The summed E-state index contributed by atoms with van der Waals surface area (Å²) in [6, 6.07) is 2.01. The van der Waals surface area contributed by atoms with Gasteiger partial charge in [-0.2, -0.15) is 0 Å². The van der Waals surface area contributed by atoms with Crippen molar-refractivity contribution in [3.05, 3.63) is 32.5 Å². The van der Waals surface area contributed by atoms with Crippen LogP contribution in [0.4, 0.5) is 5.13 Å². The summed E-state index contributed by atoms with van der Waals surface area (Å²) in [4.78, 5) is 29.5. The largest absolute Gasteiger partial charge is 0.369 e. The zero-order valence-corrected chi connectivity index (χ0v) is 13.7. The molecule has 0 saturated heterocycles. The summed E-state index contributed by atoms with van der Waals surface area (Å²) in [7, 11) is 0. The van der Waals surface area contributed by atoms with Crippen LogP contribution in [-0.2, 0) is 24.1 Å². The molecule has 3 rings (SSSR count). The van der Waals surface area contributed by atoms with E-state index >= 15 is 0 Å². The molecule has 7 heteroatoms. The van der Waals surface area contributed by atoms with Crippen molar-refractivity contribution in [2.24, 2.45) is 5.73 Å². The van der Waals surface area contributed by atoms with Gasteiger partial charge in [-0.05, 0) is 37.3 Å². The highest BCUT2D eigenvalue weighted by molar-refractivity contribution is 7.15. The molecule has 2 aromatic rings. The first-order valence-corrected chi connectivity index (χ1v) is 8.97. The Bertz CT molecular complexity index is 682. The van der Waals surface area contributed by atoms with Crippen LogP contribution in [0.5, 0.6) is 0 Å². The molecule has 22 heavy (non-hydrogen) atoms. The summed E-state index contributed by atoms with van der Waals surface area (Å²) < 4.78 is 0. The topological polar surface area (TPSA) is 85.1 Å². The lowest BCUT2D eigenvalue weighted by atomic mass is 10.1. The van der Waals surface area contributed by atoms with Crippen LogP contribution >= 0.6 is 22.7 Å². The Morgan fingerprint density at radius 3 is 2.91 bits per heavy atom. The van der Waals surface area contributed by atoms with Crippen LogP contribution in [0.25, 0.3) is 0 Å². The molecule has 0 fully saturated rings. The molecular formula is C15H17N3O2S2. The Hall–Kier alpha value is -1.73. The molecule has 0 aromatic carbocycles. The minimum Gasteiger partial charge on any atom is -0.369 e. The third-order valence-electron chi connectivity index (χ3n) is 3.60. The zero-order valence-electron chi connectivity index (χ0n) is 12.1. The lowest BCUT2D eigenvalue weighted by Crippen LogP contribution is -2.14. The van der Waals surface area contributed by atoms with Gasteiger partial charge in [0, 0.05) is 10.3 Å². The predicted molar refractivity (Wildman–Crippen MR) is 88.5 cm³/mol. The lowest BCUT2D eigenvalue weighted by molar-refractivity contribution is -0.117. The van der Waals surface area contributed by atoms with Crippen LogP contribution in [0.2, 0.25) is 0 Å². The lowest BCUT2D eigenvalue weighted by Gasteiger charge is -1.98. The van der Waals surface area contributed by atoms with Crippen molar-refractivity contribution >= 4 is 39.6 Å². The quantitative estimate of drug-likeness (QED) is 0.843. The van der Waals surface area contributed by atoms with E-state index in [0.717, 1.165) is 17.7 Å². The van der Waals surface area contributed by atoms with E-state index in [-0.39, 0.29) is 12.3 Å². The van der Waals surface area contributed by atoms with E-state index in [2.05, 4.69) is 10.3 Å². The summed E-state index contributed by atoms with van der Waals surface area (Å²) in [5, 5.41) is 5.05. The number of hydrogen-bond acceptors (Lipinski definition) is 5. The van der Waals surface area contributed by atoms with Gasteiger partial charge >= 0.3 is 0 Å². The summed E-state index contributed by atoms with van der Waals surface area (Å²) in [5.41, 5.74) is 7.05. The van der Waals surface area contributed by atoms with Gasteiger partial charge in [0.05, 0.1) is 17.0 Å². The van der Waals surface area contributed by atoms with Crippen molar-refractivity contribution in [1.29, 1.82) is 0 Å². The first-order valence-electron chi connectivity index (χ1n) is 7.27. The normalized spacial score (nSPS) is 14.2. The highest BCUT2D eigenvalue weighted by Crippen LogP contribution is 2.29. The van der Waals surface area contributed by atoms with Gasteiger partial charge in [0.1, 0.15) is 0 Å². The molecule has 1 aliphatic carbocycles. The van der Waals surface area contributed by atoms with Crippen LogP contribution in [-0.4, -0.2) is 16.8 Å². The Morgan fingerprint density at radius 1 is 1.27 bits per heavy atom. The first-order chi connectivity index (χ1) is 10.6. The van der Waals surface area contributed by atoms with E-state index in [1.807, 2.05) is 6.07 Å². The second kappa shape index (κ2) is 6.58. The molecule has 0 bridgehead atoms. The number of thiophene rings is 1. The average molecular weight is 335 g/mol. The second-order valence-corrected chi connectivity index (χ2v) is 7.36. The average Bonchev–Trinajstić information content (AvgIpc) is 3.00. The first kappa shape index (κ1) is 15.2.